The van der Waals surface area contributed by atoms with Gasteiger partial charge in [-0.1, -0.05) is 11.8 Å². The van der Waals surface area contributed by atoms with Crippen LogP contribution in [0.25, 0.3) is 0 Å². The van der Waals surface area contributed by atoms with E-state index in [-0.39, 0.29) is 18.2 Å². The van der Waals surface area contributed by atoms with Crippen LogP contribution in [0.15, 0.2) is 36.4 Å². The van der Waals surface area contributed by atoms with Crippen molar-refractivity contribution in [3.63, 3.8) is 0 Å². The maximum Gasteiger partial charge on any atom is 0.175 e. The molecule has 0 unspecified atom stereocenters. The second-order valence-electron chi connectivity index (χ2n) is 4.58. The molecule has 0 aromatic heterocycles. The minimum absolute atomic E-state index is 0.223. The summed E-state index contributed by atoms with van der Waals surface area (Å²) in [7, 11) is 1.76. The molecule has 124 valence electrons. The van der Waals surface area contributed by atoms with Crippen LogP contribution >= 0.6 is 11.8 Å². The lowest BCUT2D eigenvalue weighted by atomic mass is 10.2. The minimum Gasteiger partial charge on any atom is -0.489 e. The molecule has 2 aromatic carbocycles. The molecule has 0 saturated carbocycles. The number of hydrogen-bond acceptors (Lipinski definition) is 4. The van der Waals surface area contributed by atoms with Crippen molar-refractivity contribution >= 4 is 23.1 Å². The molecular formula is C17H19F2NO2S. The van der Waals surface area contributed by atoms with Crippen LogP contribution in [0.1, 0.15) is 11.1 Å². The van der Waals surface area contributed by atoms with Crippen LogP contribution in [0, 0.1) is 18.6 Å². The molecule has 0 atom stereocenters. The number of ether oxygens (including phenoxy) is 1. The summed E-state index contributed by atoms with van der Waals surface area (Å²) in [5.41, 5.74) is 3.02. The lowest BCUT2D eigenvalue weighted by Gasteiger charge is -2.12. The summed E-state index contributed by atoms with van der Waals surface area (Å²) in [6.45, 7) is 1.99. The van der Waals surface area contributed by atoms with Gasteiger partial charge in [-0.3, -0.25) is 4.79 Å². The lowest BCUT2D eigenvalue weighted by molar-refractivity contribution is 0.303. The van der Waals surface area contributed by atoms with Crippen molar-refractivity contribution < 1.29 is 18.3 Å². The number of rotatable bonds is 5. The number of aryl methyl sites for hydroxylation is 1. The third kappa shape index (κ3) is 6.28. The Labute approximate surface area is 139 Å². The summed E-state index contributed by atoms with van der Waals surface area (Å²) >= 11 is 1.18. The first-order valence-corrected chi connectivity index (χ1v) is 8.12. The Morgan fingerprint density at radius 2 is 1.78 bits per heavy atom. The van der Waals surface area contributed by atoms with E-state index in [1.54, 1.807) is 32.4 Å². The molecule has 3 nitrogen and oxygen atoms in total. The van der Waals surface area contributed by atoms with Gasteiger partial charge in [0.15, 0.2) is 5.62 Å². The largest absolute Gasteiger partial charge is 0.489 e. The number of nitrogens with one attached hydrogen (secondary N) is 1. The molecule has 0 saturated heterocycles. The van der Waals surface area contributed by atoms with E-state index in [9.17, 15) is 8.78 Å². The Morgan fingerprint density at radius 3 is 2.35 bits per heavy atom. The number of carbonyl (C=O) groups excluding carboxylic acids is 1. The first kappa shape index (κ1) is 19.0. The van der Waals surface area contributed by atoms with Crippen LogP contribution in [0.2, 0.25) is 0 Å². The summed E-state index contributed by atoms with van der Waals surface area (Å²) in [5.74, 6) is -0.0207. The monoisotopic (exact) mass is 339 g/mol. The van der Waals surface area contributed by atoms with Crippen molar-refractivity contribution in [3.8, 4) is 5.75 Å². The third-order valence-corrected chi connectivity index (χ3v) is 3.15. The lowest BCUT2D eigenvalue weighted by Crippen LogP contribution is -2.02. The van der Waals surface area contributed by atoms with E-state index in [0.717, 1.165) is 11.3 Å². The average Bonchev–Trinajstić information content (AvgIpc) is 2.54. The Bertz CT molecular complexity index is 650. The molecule has 0 aliphatic carbocycles. The van der Waals surface area contributed by atoms with E-state index >= 15 is 0 Å². The highest BCUT2D eigenvalue weighted by atomic mass is 32.2. The SMILES string of the molecule is CNc1ccc(F)cc1COc1ccc(F)cc1C.CSC=O. The normalized spacial score (nSPS) is 9.61. The smallest absolute Gasteiger partial charge is 0.175 e. The number of carbonyl (C=O) groups is 1. The van der Waals surface area contributed by atoms with E-state index in [2.05, 4.69) is 5.32 Å². The first-order valence-electron chi connectivity index (χ1n) is 6.83. The molecular weight excluding hydrogens is 320 g/mol. The summed E-state index contributed by atoms with van der Waals surface area (Å²) in [4.78, 5) is 9.14. The fourth-order valence-electron chi connectivity index (χ4n) is 1.86. The van der Waals surface area contributed by atoms with Crippen molar-refractivity contribution in [2.45, 2.75) is 13.5 Å². The number of hydrogen-bond donors (Lipinski definition) is 1. The highest BCUT2D eigenvalue weighted by Crippen LogP contribution is 2.22. The van der Waals surface area contributed by atoms with Crippen LogP contribution in [0.4, 0.5) is 14.5 Å². The van der Waals surface area contributed by atoms with Crippen LogP contribution in [0.5, 0.6) is 5.75 Å². The van der Waals surface area contributed by atoms with Crippen molar-refractivity contribution in [2.75, 3.05) is 18.6 Å². The molecule has 2 aromatic rings. The molecule has 0 bridgehead atoms. The van der Waals surface area contributed by atoms with E-state index in [1.165, 1.54) is 36.0 Å². The fourth-order valence-corrected chi connectivity index (χ4v) is 1.86. The standard InChI is InChI=1S/C15H15F2NO.C2H4OS/c1-10-7-12(16)4-6-15(10)19-9-11-8-13(17)3-5-14(11)18-2;1-4-2-3/h3-8,18H,9H2,1-2H3;2H,1H3. The van der Waals surface area contributed by atoms with Crippen molar-refractivity contribution in [2.24, 2.45) is 0 Å². The third-order valence-electron chi connectivity index (χ3n) is 2.95. The molecule has 6 heteroatoms. The fraction of sp³-hybridized carbons (Fsp3) is 0.235. The molecule has 0 spiro atoms. The highest BCUT2D eigenvalue weighted by Gasteiger charge is 2.06. The van der Waals surface area contributed by atoms with Gasteiger partial charge in [0.1, 0.15) is 24.0 Å². The highest BCUT2D eigenvalue weighted by molar-refractivity contribution is 8.11. The van der Waals surface area contributed by atoms with Crippen LogP contribution < -0.4 is 10.1 Å². The van der Waals surface area contributed by atoms with Gasteiger partial charge in [-0.05, 0) is 55.1 Å². The molecule has 0 radical (unpaired) electrons. The topological polar surface area (TPSA) is 38.3 Å². The number of thioether (sulfide) groups is 1. The molecule has 23 heavy (non-hydrogen) atoms. The Balaban J connectivity index is 0.000000593. The molecule has 0 aliphatic rings. The molecule has 0 heterocycles. The van der Waals surface area contributed by atoms with Gasteiger partial charge < -0.3 is 10.1 Å². The van der Waals surface area contributed by atoms with Crippen LogP contribution in [-0.2, 0) is 11.4 Å². The molecule has 0 aliphatic heterocycles. The molecule has 0 amide bonds. The van der Waals surface area contributed by atoms with Gasteiger partial charge in [0.2, 0.25) is 0 Å². The zero-order chi connectivity index (χ0) is 17.2. The van der Waals surface area contributed by atoms with Crippen molar-refractivity contribution in [3.05, 3.63) is 59.2 Å². The molecule has 0 fully saturated rings. The van der Waals surface area contributed by atoms with E-state index in [1.807, 2.05) is 0 Å². The van der Waals surface area contributed by atoms with E-state index < -0.39 is 0 Å². The zero-order valence-corrected chi connectivity index (χ0v) is 14.0. The zero-order valence-electron chi connectivity index (χ0n) is 13.2. The maximum absolute atomic E-state index is 13.2. The number of anilines is 1. The first-order chi connectivity index (χ1) is 11.0. The Kier molecular flexibility index (Phi) is 8.11. The van der Waals surface area contributed by atoms with Gasteiger partial charge in [0.05, 0.1) is 0 Å². The van der Waals surface area contributed by atoms with Gasteiger partial charge in [-0.2, -0.15) is 0 Å². The summed E-state index contributed by atoms with van der Waals surface area (Å²) < 4.78 is 31.8. The number of benzene rings is 2. The second kappa shape index (κ2) is 9.84. The van der Waals surface area contributed by atoms with Crippen LogP contribution in [0.3, 0.4) is 0 Å². The Morgan fingerprint density at radius 1 is 1.17 bits per heavy atom. The maximum atomic E-state index is 13.2. The minimum atomic E-state index is -0.312. The van der Waals surface area contributed by atoms with Crippen molar-refractivity contribution in [1.82, 2.24) is 0 Å². The van der Waals surface area contributed by atoms with Gasteiger partial charge in [-0.25, -0.2) is 8.78 Å². The van der Waals surface area contributed by atoms with Crippen molar-refractivity contribution in [1.29, 1.82) is 0 Å². The summed E-state index contributed by atoms with van der Waals surface area (Å²) in [6.07, 6.45) is 1.73. The van der Waals surface area contributed by atoms with Gasteiger partial charge >= 0.3 is 0 Å². The Hall–Kier alpha value is -2.08. The van der Waals surface area contributed by atoms with Crippen LogP contribution in [-0.4, -0.2) is 18.9 Å². The van der Waals surface area contributed by atoms with Gasteiger partial charge in [-0.15, -0.1) is 0 Å². The predicted octanol–water partition coefficient (Wildman–Crippen LogP) is 4.43. The summed E-state index contributed by atoms with van der Waals surface area (Å²) in [6, 6.07) is 8.78. The van der Waals surface area contributed by atoms with E-state index in [4.69, 9.17) is 9.53 Å². The molecule has 2 rings (SSSR count). The number of halogens is 2. The predicted molar refractivity (Wildman–Crippen MR) is 91.7 cm³/mol. The van der Waals surface area contributed by atoms with Gasteiger partial charge in [0.25, 0.3) is 0 Å². The quantitative estimate of drug-likeness (QED) is 0.818. The average molecular weight is 339 g/mol. The summed E-state index contributed by atoms with van der Waals surface area (Å²) in [5, 5.41) is 2.98. The van der Waals surface area contributed by atoms with Gasteiger partial charge in [0, 0.05) is 18.3 Å². The second-order valence-corrected chi connectivity index (χ2v) is 5.25. The molecule has 1 N–H and O–H groups in total. The van der Waals surface area contributed by atoms with E-state index in [0.29, 0.717) is 16.9 Å².